The molecule has 0 heterocycles. The highest BCUT2D eigenvalue weighted by atomic mass is 16.6. The predicted molar refractivity (Wildman–Crippen MR) is 85.3 cm³/mol. The predicted octanol–water partition coefficient (Wildman–Crippen LogP) is 2.86. The van der Waals surface area contributed by atoms with Crippen LogP contribution in [0.1, 0.15) is 39.7 Å². The fourth-order valence-electron chi connectivity index (χ4n) is 2.73. The van der Waals surface area contributed by atoms with E-state index < -0.39 is 16.9 Å². The van der Waals surface area contributed by atoms with Crippen molar-refractivity contribution in [1.29, 1.82) is 0 Å². The van der Waals surface area contributed by atoms with Crippen molar-refractivity contribution in [3.8, 4) is 5.75 Å². The van der Waals surface area contributed by atoms with Crippen molar-refractivity contribution in [1.82, 2.24) is 0 Å². The largest absolute Gasteiger partial charge is 0.497 e. The number of carbonyl (C=O) groups is 2. The number of methoxy groups -OCH3 is 1. The average molecular weight is 320 g/mol. The van der Waals surface area contributed by atoms with E-state index in [9.17, 15) is 9.59 Å². The van der Waals surface area contributed by atoms with Gasteiger partial charge in [0.1, 0.15) is 16.8 Å². The summed E-state index contributed by atoms with van der Waals surface area (Å²) in [6.45, 7) is 7.47. The second-order valence-electron chi connectivity index (χ2n) is 6.71. The van der Waals surface area contributed by atoms with E-state index in [2.05, 4.69) is 0 Å². The Balaban J connectivity index is 2.29. The maximum absolute atomic E-state index is 12.5. The van der Waals surface area contributed by atoms with Crippen LogP contribution in [-0.4, -0.2) is 31.3 Å². The van der Waals surface area contributed by atoms with Gasteiger partial charge >= 0.3 is 11.9 Å². The van der Waals surface area contributed by atoms with Crippen molar-refractivity contribution >= 4 is 11.9 Å². The molecule has 1 fully saturated rings. The normalized spacial score (nSPS) is 23.1. The van der Waals surface area contributed by atoms with Crippen molar-refractivity contribution < 1.29 is 23.8 Å². The molecule has 0 bridgehead atoms. The molecule has 0 aliphatic heterocycles. The molecule has 0 amide bonds. The van der Waals surface area contributed by atoms with Gasteiger partial charge in [-0.25, -0.2) is 0 Å². The molecule has 5 nitrogen and oxygen atoms in total. The standard InChI is InChI=1S/C18H24O5/c1-6-22-16(20)18(12-7-9-13(21-5)10-8-12)11-14(18)15(19)23-17(2,3)4/h7-10,14H,6,11H2,1-5H3/t14?,18-/m1/s1. The molecule has 1 saturated carbocycles. The van der Waals surface area contributed by atoms with Crippen LogP contribution in [0.4, 0.5) is 0 Å². The Morgan fingerprint density at radius 2 is 1.83 bits per heavy atom. The summed E-state index contributed by atoms with van der Waals surface area (Å²) in [5.41, 5.74) is -0.766. The molecule has 1 unspecified atom stereocenters. The highest BCUT2D eigenvalue weighted by molar-refractivity contribution is 5.96. The average Bonchev–Trinajstić information content (AvgIpc) is 3.23. The van der Waals surface area contributed by atoms with E-state index in [0.29, 0.717) is 12.2 Å². The van der Waals surface area contributed by atoms with Gasteiger partial charge in [-0.15, -0.1) is 0 Å². The summed E-state index contributed by atoms with van der Waals surface area (Å²) in [6.07, 6.45) is 0.410. The van der Waals surface area contributed by atoms with Gasteiger partial charge in [0.05, 0.1) is 19.6 Å². The van der Waals surface area contributed by atoms with Gasteiger partial charge in [0.2, 0.25) is 0 Å². The maximum Gasteiger partial charge on any atom is 0.317 e. The summed E-state index contributed by atoms with van der Waals surface area (Å²) in [4.78, 5) is 24.9. The fraction of sp³-hybridized carbons (Fsp3) is 0.556. The molecular weight excluding hydrogens is 296 g/mol. The first-order valence-electron chi connectivity index (χ1n) is 7.79. The monoisotopic (exact) mass is 320 g/mol. The van der Waals surface area contributed by atoms with Gasteiger partial charge in [0.25, 0.3) is 0 Å². The van der Waals surface area contributed by atoms with E-state index in [-0.39, 0.29) is 18.5 Å². The van der Waals surface area contributed by atoms with Crippen molar-refractivity contribution in [2.45, 2.75) is 45.1 Å². The Kier molecular flexibility index (Phi) is 4.68. The molecule has 1 aliphatic carbocycles. The third-order valence-electron chi connectivity index (χ3n) is 3.90. The Labute approximate surface area is 136 Å². The first kappa shape index (κ1) is 17.3. The van der Waals surface area contributed by atoms with Gasteiger partial charge in [-0.2, -0.15) is 0 Å². The minimum atomic E-state index is -0.940. The van der Waals surface area contributed by atoms with E-state index in [1.165, 1.54) is 0 Å². The van der Waals surface area contributed by atoms with Crippen molar-refractivity contribution in [3.63, 3.8) is 0 Å². The van der Waals surface area contributed by atoms with Crippen molar-refractivity contribution in [3.05, 3.63) is 29.8 Å². The second kappa shape index (κ2) is 6.22. The van der Waals surface area contributed by atoms with E-state index in [0.717, 1.165) is 5.56 Å². The van der Waals surface area contributed by atoms with Gasteiger partial charge in [0, 0.05) is 0 Å². The van der Waals surface area contributed by atoms with Crippen LogP contribution >= 0.6 is 0 Å². The minimum absolute atomic E-state index is 0.276. The Hall–Kier alpha value is -2.04. The Morgan fingerprint density at radius 1 is 1.22 bits per heavy atom. The molecule has 1 aliphatic rings. The molecule has 2 atom stereocenters. The van der Waals surface area contributed by atoms with E-state index in [1.54, 1.807) is 38.3 Å². The SMILES string of the molecule is CCOC(=O)[C@@]1(c2ccc(OC)cc2)CC1C(=O)OC(C)(C)C. The summed E-state index contributed by atoms with van der Waals surface area (Å²) >= 11 is 0. The lowest BCUT2D eigenvalue weighted by Crippen LogP contribution is -2.31. The van der Waals surface area contributed by atoms with Crippen LogP contribution in [0, 0.1) is 5.92 Å². The summed E-state index contributed by atoms with van der Waals surface area (Å²) in [5, 5.41) is 0. The number of ether oxygens (including phenoxy) is 3. The van der Waals surface area contributed by atoms with E-state index >= 15 is 0 Å². The third-order valence-corrected chi connectivity index (χ3v) is 3.90. The first-order chi connectivity index (χ1) is 10.7. The number of rotatable bonds is 5. The lowest BCUT2D eigenvalue weighted by Gasteiger charge is -2.21. The maximum atomic E-state index is 12.5. The summed E-state index contributed by atoms with van der Waals surface area (Å²) in [5.74, 6) is -0.543. The molecule has 2 rings (SSSR count). The van der Waals surface area contributed by atoms with Crippen molar-refractivity contribution in [2.75, 3.05) is 13.7 Å². The van der Waals surface area contributed by atoms with E-state index in [1.807, 2.05) is 20.8 Å². The summed E-state index contributed by atoms with van der Waals surface area (Å²) < 4.78 is 15.8. The third kappa shape index (κ3) is 3.49. The number of hydrogen-bond donors (Lipinski definition) is 0. The number of hydrogen-bond acceptors (Lipinski definition) is 5. The fourth-order valence-corrected chi connectivity index (χ4v) is 2.73. The first-order valence-corrected chi connectivity index (χ1v) is 7.79. The quantitative estimate of drug-likeness (QED) is 0.781. The van der Waals surface area contributed by atoms with Crippen molar-refractivity contribution in [2.24, 2.45) is 5.92 Å². The van der Waals surface area contributed by atoms with Crippen LogP contribution in [-0.2, 0) is 24.5 Å². The van der Waals surface area contributed by atoms with Crippen LogP contribution in [0.5, 0.6) is 5.75 Å². The van der Waals surface area contributed by atoms with Gasteiger partial charge in [-0.1, -0.05) is 12.1 Å². The Morgan fingerprint density at radius 3 is 2.30 bits per heavy atom. The molecule has 126 valence electrons. The lowest BCUT2D eigenvalue weighted by atomic mass is 9.93. The molecular formula is C18H24O5. The topological polar surface area (TPSA) is 61.8 Å². The molecule has 0 saturated heterocycles. The molecule has 0 spiro atoms. The van der Waals surface area contributed by atoms with Gasteiger partial charge < -0.3 is 14.2 Å². The zero-order valence-corrected chi connectivity index (χ0v) is 14.3. The molecule has 1 aromatic rings. The van der Waals surface area contributed by atoms with Gasteiger partial charge in [0.15, 0.2) is 0 Å². The van der Waals surface area contributed by atoms with Crippen LogP contribution in [0.25, 0.3) is 0 Å². The molecule has 23 heavy (non-hydrogen) atoms. The molecule has 1 aromatic carbocycles. The number of carbonyl (C=O) groups excluding carboxylic acids is 2. The molecule has 0 aromatic heterocycles. The Bertz CT molecular complexity index is 584. The zero-order valence-electron chi connectivity index (χ0n) is 14.3. The molecule has 0 N–H and O–H groups in total. The van der Waals surface area contributed by atoms with Crippen LogP contribution in [0.3, 0.4) is 0 Å². The molecule has 5 heteroatoms. The van der Waals surface area contributed by atoms with Gasteiger partial charge in [-0.05, 0) is 51.8 Å². The smallest absolute Gasteiger partial charge is 0.317 e. The van der Waals surface area contributed by atoms with Crippen LogP contribution in [0.15, 0.2) is 24.3 Å². The van der Waals surface area contributed by atoms with Gasteiger partial charge in [-0.3, -0.25) is 9.59 Å². The lowest BCUT2D eigenvalue weighted by molar-refractivity contribution is -0.160. The molecule has 0 radical (unpaired) electrons. The number of esters is 2. The minimum Gasteiger partial charge on any atom is -0.497 e. The second-order valence-corrected chi connectivity index (χ2v) is 6.71. The highest BCUT2D eigenvalue weighted by Gasteiger charge is 2.67. The number of benzene rings is 1. The van der Waals surface area contributed by atoms with Crippen LogP contribution < -0.4 is 4.74 Å². The highest BCUT2D eigenvalue weighted by Crippen LogP contribution is 2.56. The van der Waals surface area contributed by atoms with E-state index in [4.69, 9.17) is 14.2 Å². The summed E-state index contributed by atoms with van der Waals surface area (Å²) in [6, 6.07) is 7.17. The zero-order chi connectivity index (χ0) is 17.3. The van der Waals surface area contributed by atoms with Crippen LogP contribution in [0.2, 0.25) is 0 Å². The summed E-state index contributed by atoms with van der Waals surface area (Å²) in [7, 11) is 1.58.